The fourth-order valence-corrected chi connectivity index (χ4v) is 2.71. The minimum atomic E-state index is -0.0991. The van der Waals surface area contributed by atoms with Crippen LogP contribution in [0.3, 0.4) is 0 Å². The molecule has 3 rings (SSSR count). The standard InChI is InChI=1S/C15H13ClN2O2/c1-7-8(2)20-9(3)12(7)14(19)10-6-18-15-13(10)11(16)4-5-17-15/h4-6H,1-3H3,(H,17,18). The number of nitrogens with one attached hydrogen (secondary N) is 1. The molecule has 20 heavy (non-hydrogen) atoms. The number of pyridine rings is 1. The lowest BCUT2D eigenvalue weighted by Crippen LogP contribution is -2.03. The molecule has 0 saturated heterocycles. The average molecular weight is 289 g/mol. The van der Waals surface area contributed by atoms with Crippen molar-refractivity contribution >= 4 is 28.4 Å². The first kappa shape index (κ1) is 12.9. The number of fused-ring (bicyclic) bond motifs is 1. The Kier molecular flexibility index (Phi) is 2.91. The highest BCUT2D eigenvalue weighted by atomic mass is 35.5. The number of rotatable bonds is 2. The molecule has 0 unspecified atom stereocenters. The molecule has 102 valence electrons. The van der Waals surface area contributed by atoms with E-state index in [-0.39, 0.29) is 5.78 Å². The van der Waals surface area contributed by atoms with Crippen molar-refractivity contribution in [2.24, 2.45) is 0 Å². The van der Waals surface area contributed by atoms with Crippen LogP contribution in [0.2, 0.25) is 5.02 Å². The summed E-state index contributed by atoms with van der Waals surface area (Å²) in [6, 6.07) is 1.68. The van der Waals surface area contributed by atoms with Crippen molar-refractivity contribution in [3.8, 4) is 0 Å². The first-order chi connectivity index (χ1) is 9.50. The second-order valence-corrected chi connectivity index (χ2v) is 5.17. The first-order valence-corrected chi connectivity index (χ1v) is 6.61. The number of hydrogen-bond donors (Lipinski definition) is 1. The molecule has 0 aliphatic heterocycles. The molecule has 1 N–H and O–H groups in total. The lowest BCUT2D eigenvalue weighted by Gasteiger charge is -2.01. The second kappa shape index (κ2) is 4.49. The van der Waals surface area contributed by atoms with Crippen molar-refractivity contribution in [3.05, 3.63) is 51.7 Å². The van der Waals surface area contributed by atoms with Crippen molar-refractivity contribution in [1.82, 2.24) is 9.97 Å². The van der Waals surface area contributed by atoms with Gasteiger partial charge in [-0.2, -0.15) is 0 Å². The van der Waals surface area contributed by atoms with Gasteiger partial charge in [-0.1, -0.05) is 11.6 Å². The van der Waals surface area contributed by atoms with E-state index in [2.05, 4.69) is 9.97 Å². The Hall–Kier alpha value is -2.07. The molecule has 3 aromatic rings. The maximum Gasteiger partial charge on any atom is 0.199 e. The Morgan fingerprint density at radius 2 is 2.05 bits per heavy atom. The van der Waals surface area contributed by atoms with Crippen LogP contribution in [0, 0.1) is 20.8 Å². The molecule has 3 aromatic heterocycles. The number of hydrogen-bond acceptors (Lipinski definition) is 3. The molecule has 0 amide bonds. The molecule has 0 bridgehead atoms. The van der Waals surface area contributed by atoms with Crippen molar-refractivity contribution in [2.75, 3.05) is 0 Å². The maximum absolute atomic E-state index is 12.8. The normalized spacial score (nSPS) is 11.2. The van der Waals surface area contributed by atoms with Crippen LogP contribution >= 0.6 is 11.6 Å². The molecule has 0 aliphatic rings. The van der Waals surface area contributed by atoms with Crippen LogP contribution in [0.25, 0.3) is 11.0 Å². The van der Waals surface area contributed by atoms with Crippen LogP contribution in [-0.4, -0.2) is 15.8 Å². The van der Waals surface area contributed by atoms with Gasteiger partial charge in [0.25, 0.3) is 0 Å². The summed E-state index contributed by atoms with van der Waals surface area (Å²) in [5, 5.41) is 1.16. The average Bonchev–Trinajstić information content (AvgIpc) is 2.93. The van der Waals surface area contributed by atoms with E-state index in [0.29, 0.717) is 32.9 Å². The van der Waals surface area contributed by atoms with E-state index in [1.807, 2.05) is 13.8 Å². The number of aromatic nitrogens is 2. The molecule has 3 heterocycles. The van der Waals surface area contributed by atoms with E-state index in [1.165, 1.54) is 0 Å². The van der Waals surface area contributed by atoms with E-state index in [9.17, 15) is 4.79 Å². The molecule has 5 heteroatoms. The van der Waals surface area contributed by atoms with Gasteiger partial charge >= 0.3 is 0 Å². The molecule has 0 radical (unpaired) electrons. The third-order valence-corrected chi connectivity index (χ3v) is 3.87. The van der Waals surface area contributed by atoms with Gasteiger partial charge in [0.2, 0.25) is 0 Å². The fourth-order valence-electron chi connectivity index (χ4n) is 2.46. The predicted molar refractivity (Wildman–Crippen MR) is 77.5 cm³/mol. The Morgan fingerprint density at radius 3 is 2.70 bits per heavy atom. The quantitative estimate of drug-likeness (QED) is 0.726. The van der Waals surface area contributed by atoms with E-state index < -0.39 is 0 Å². The summed E-state index contributed by atoms with van der Waals surface area (Å²) in [5.41, 5.74) is 2.59. The lowest BCUT2D eigenvalue weighted by molar-refractivity contribution is 0.103. The molecule has 0 atom stereocenters. The SMILES string of the molecule is Cc1oc(C)c(C(=O)c2c[nH]c3nccc(Cl)c23)c1C. The largest absolute Gasteiger partial charge is 0.466 e. The van der Waals surface area contributed by atoms with E-state index in [1.54, 1.807) is 25.4 Å². The Labute approximate surface area is 120 Å². The zero-order valence-electron chi connectivity index (χ0n) is 11.4. The van der Waals surface area contributed by atoms with Crippen molar-refractivity contribution in [3.63, 3.8) is 0 Å². The van der Waals surface area contributed by atoms with Crippen LogP contribution in [0.5, 0.6) is 0 Å². The monoisotopic (exact) mass is 288 g/mol. The number of nitrogens with zero attached hydrogens (tertiary/aromatic N) is 1. The van der Waals surface area contributed by atoms with Gasteiger partial charge < -0.3 is 9.40 Å². The summed E-state index contributed by atoms with van der Waals surface area (Å²) in [6.07, 6.45) is 3.25. The van der Waals surface area contributed by atoms with Gasteiger partial charge in [0.05, 0.1) is 16.1 Å². The van der Waals surface area contributed by atoms with Crippen LogP contribution in [-0.2, 0) is 0 Å². The van der Waals surface area contributed by atoms with Crippen molar-refractivity contribution < 1.29 is 9.21 Å². The summed E-state index contributed by atoms with van der Waals surface area (Å²) < 4.78 is 5.53. The molecule has 0 saturated carbocycles. The number of carbonyl (C=O) groups excluding carboxylic acids is 1. The van der Waals surface area contributed by atoms with Crippen LogP contribution < -0.4 is 0 Å². The maximum atomic E-state index is 12.8. The summed E-state index contributed by atoms with van der Waals surface area (Å²) >= 11 is 6.18. The zero-order valence-corrected chi connectivity index (χ0v) is 12.1. The van der Waals surface area contributed by atoms with Crippen molar-refractivity contribution in [1.29, 1.82) is 0 Å². The molecule has 0 aromatic carbocycles. The van der Waals surface area contributed by atoms with Gasteiger partial charge in [-0.05, 0) is 26.8 Å². The second-order valence-electron chi connectivity index (χ2n) is 4.76. The van der Waals surface area contributed by atoms with Crippen LogP contribution in [0.1, 0.15) is 33.0 Å². The fraction of sp³-hybridized carbons (Fsp3) is 0.200. The molecule has 0 fully saturated rings. The summed E-state index contributed by atoms with van der Waals surface area (Å²) in [4.78, 5) is 19.9. The topological polar surface area (TPSA) is 58.9 Å². The number of carbonyl (C=O) groups is 1. The van der Waals surface area contributed by atoms with Gasteiger partial charge in [0, 0.05) is 23.3 Å². The number of aromatic amines is 1. The van der Waals surface area contributed by atoms with E-state index in [4.69, 9.17) is 16.0 Å². The number of H-pyrrole nitrogens is 1. The highest BCUT2D eigenvalue weighted by Crippen LogP contribution is 2.30. The Balaban J connectivity index is 2.23. The first-order valence-electron chi connectivity index (χ1n) is 6.23. The molecule has 0 aliphatic carbocycles. The van der Waals surface area contributed by atoms with Gasteiger partial charge in [-0.3, -0.25) is 4.79 Å². The van der Waals surface area contributed by atoms with Gasteiger partial charge in [0.1, 0.15) is 17.2 Å². The highest BCUT2D eigenvalue weighted by molar-refractivity contribution is 6.37. The summed E-state index contributed by atoms with van der Waals surface area (Å²) in [7, 11) is 0. The van der Waals surface area contributed by atoms with E-state index in [0.717, 1.165) is 11.3 Å². The molecule has 0 spiro atoms. The van der Waals surface area contributed by atoms with Crippen molar-refractivity contribution in [2.45, 2.75) is 20.8 Å². The predicted octanol–water partition coefficient (Wildman–Crippen LogP) is 3.97. The number of aryl methyl sites for hydroxylation is 2. The summed E-state index contributed by atoms with van der Waals surface area (Å²) in [5.74, 6) is 1.28. The number of halogens is 1. The van der Waals surface area contributed by atoms with Gasteiger partial charge in [0.15, 0.2) is 5.78 Å². The number of furan rings is 1. The lowest BCUT2D eigenvalue weighted by atomic mass is 10.00. The summed E-state index contributed by atoms with van der Waals surface area (Å²) in [6.45, 7) is 5.53. The van der Waals surface area contributed by atoms with Gasteiger partial charge in [-0.25, -0.2) is 4.98 Å². The molecular weight excluding hydrogens is 276 g/mol. The molecule has 4 nitrogen and oxygen atoms in total. The Bertz CT molecular complexity index is 830. The van der Waals surface area contributed by atoms with E-state index >= 15 is 0 Å². The van der Waals surface area contributed by atoms with Gasteiger partial charge in [-0.15, -0.1) is 0 Å². The third kappa shape index (κ3) is 1.76. The van der Waals surface area contributed by atoms with Crippen LogP contribution in [0.4, 0.5) is 0 Å². The van der Waals surface area contributed by atoms with Crippen LogP contribution in [0.15, 0.2) is 22.9 Å². The molecular formula is C15H13ClN2O2. The highest BCUT2D eigenvalue weighted by Gasteiger charge is 2.23. The number of ketones is 1. The minimum Gasteiger partial charge on any atom is -0.466 e. The zero-order chi connectivity index (χ0) is 14.4. The minimum absolute atomic E-state index is 0.0991. The smallest absolute Gasteiger partial charge is 0.199 e. The third-order valence-electron chi connectivity index (χ3n) is 3.56. The Morgan fingerprint density at radius 1 is 1.30 bits per heavy atom.